The third kappa shape index (κ3) is 3.28. The summed E-state index contributed by atoms with van der Waals surface area (Å²) in [7, 11) is -4.00. The van der Waals surface area contributed by atoms with E-state index in [9.17, 15) is 23.1 Å². The van der Waals surface area contributed by atoms with Crippen molar-refractivity contribution in [2.75, 3.05) is 6.54 Å². The van der Waals surface area contributed by atoms with Crippen LogP contribution in [0.2, 0.25) is 0 Å². The Morgan fingerprint density at radius 3 is 2.36 bits per heavy atom. The molecule has 0 N–H and O–H groups in total. The first kappa shape index (κ1) is 16.4. The fourth-order valence-electron chi connectivity index (χ4n) is 2.41. The first-order valence-electron chi connectivity index (χ1n) is 6.68. The van der Waals surface area contributed by atoms with Crippen molar-refractivity contribution in [3.63, 3.8) is 0 Å². The monoisotopic (exact) mass is 326 g/mol. The molecule has 8 heteroatoms. The van der Waals surface area contributed by atoms with Gasteiger partial charge in [0.2, 0.25) is 10.0 Å². The van der Waals surface area contributed by atoms with E-state index in [0.717, 1.165) is 9.87 Å². The average Bonchev–Trinajstić information content (AvgIpc) is 2.83. The number of hydrogen-bond donors (Lipinski definition) is 0. The molecule has 1 saturated heterocycles. The van der Waals surface area contributed by atoms with E-state index in [-0.39, 0.29) is 17.9 Å². The molecule has 0 radical (unpaired) electrons. The summed E-state index contributed by atoms with van der Waals surface area (Å²) >= 11 is 0. The summed E-state index contributed by atoms with van der Waals surface area (Å²) in [6.45, 7) is 2.80. The molecule has 1 aromatic carbocycles. The van der Waals surface area contributed by atoms with Gasteiger partial charge < -0.3 is 14.6 Å². The third-order valence-electron chi connectivity index (χ3n) is 3.45. The van der Waals surface area contributed by atoms with Crippen LogP contribution in [0.25, 0.3) is 0 Å². The number of hydrogen-bond acceptors (Lipinski definition) is 6. The minimum Gasteiger partial charge on any atom is -0.548 e. The van der Waals surface area contributed by atoms with Gasteiger partial charge in [0.15, 0.2) is 0 Å². The largest absolute Gasteiger partial charge is 0.548 e. The zero-order valence-electron chi connectivity index (χ0n) is 12.2. The Hall–Kier alpha value is -1.93. The van der Waals surface area contributed by atoms with Crippen LogP contribution >= 0.6 is 0 Å². The topological polar surface area (TPSA) is 104 Å². The lowest BCUT2D eigenvalue weighted by Gasteiger charge is -2.24. The molecule has 0 aromatic heterocycles. The van der Waals surface area contributed by atoms with E-state index < -0.39 is 34.1 Å². The summed E-state index contributed by atoms with van der Waals surface area (Å²) in [6, 6.07) is 4.73. The molecule has 22 heavy (non-hydrogen) atoms. The Morgan fingerprint density at radius 1 is 1.27 bits per heavy atom. The molecule has 1 fully saturated rings. The molecule has 120 valence electrons. The zero-order chi connectivity index (χ0) is 16.5. The van der Waals surface area contributed by atoms with Crippen LogP contribution in [0.3, 0.4) is 0 Å². The van der Waals surface area contributed by atoms with Crippen LogP contribution in [-0.4, -0.2) is 43.4 Å². The van der Waals surface area contributed by atoms with Crippen molar-refractivity contribution in [1.29, 1.82) is 0 Å². The van der Waals surface area contributed by atoms with E-state index in [2.05, 4.69) is 0 Å². The maximum absolute atomic E-state index is 12.6. The van der Waals surface area contributed by atoms with Gasteiger partial charge in [-0.15, -0.1) is 0 Å². The Kier molecular flexibility index (Phi) is 4.52. The molecule has 7 nitrogen and oxygen atoms in total. The Morgan fingerprint density at radius 2 is 1.86 bits per heavy atom. The molecule has 0 unspecified atom stereocenters. The van der Waals surface area contributed by atoms with Gasteiger partial charge in [-0.2, -0.15) is 4.31 Å². The highest BCUT2D eigenvalue weighted by Crippen LogP contribution is 2.27. The average molecular weight is 326 g/mol. The second-order valence-electron chi connectivity index (χ2n) is 5.19. The normalized spacial score (nSPS) is 22.5. The number of carboxylic acid groups (broad SMARTS) is 1. The van der Waals surface area contributed by atoms with Crippen molar-refractivity contribution in [3.05, 3.63) is 29.8 Å². The number of nitrogens with zero attached hydrogens (tertiary/aromatic N) is 1. The highest BCUT2D eigenvalue weighted by atomic mass is 32.2. The summed E-state index contributed by atoms with van der Waals surface area (Å²) in [6.07, 6.45) is -0.909. The molecular weight excluding hydrogens is 310 g/mol. The second-order valence-corrected chi connectivity index (χ2v) is 7.08. The van der Waals surface area contributed by atoms with Crippen LogP contribution in [0.15, 0.2) is 29.2 Å². The summed E-state index contributed by atoms with van der Waals surface area (Å²) in [5, 5.41) is 11.2. The van der Waals surface area contributed by atoms with Crippen LogP contribution in [0.1, 0.15) is 18.9 Å². The fraction of sp³-hybridized carbons (Fsp3) is 0.429. The summed E-state index contributed by atoms with van der Waals surface area (Å²) in [5.74, 6) is -2.10. The summed E-state index contributed by atoms with van der Waals surface area (Å²) < 4.78 is 30.9. The summed E-state index contributed by atoms with van der Waals surface area (Å²) in [5.41, 5.74) is 0.884. The number of rotatable bonds is 4. The van der Waals surface area contributed by atoms with E-state index >= 15 is 0 Å². The molecule has 1 aliphatic heterocycles. The Labute approximate surface area is 128 Å². The quantitative estimate of drug-likeness (QED) is 0.687. The van der Waals surface area contributed by atoms with Crippen molar-refractivity contribution in [2.24, 2.45) is 0 Å². The van der Waals surface area contributed by atoms with Crippen molar-refractivity contribution < 1.29 is 27.9 Å². The Bertz CT molecular complexity index is 682. The van der Waals surface area contributed by atoms with Gasteiger partial charge in [-0.05, 0) is 19.1 Å². The minimum atomic E-state index is -4.00. The number of ether oxygens (including phenoxy) is 1. The third-order valence-corrected chi connectivity index (χ3v) is 5.34. The molecule has 0 amide bonds. The predicted molar refractivity (Wildman–Crippen MR) is 74.0 cm³/mol. The van der Waals surface area contributed by atoms with E-state index in [1.165, 1.54) is 19.1 Å². The smallest absolute Gasteiger partial charge is 0.302 e. The van der Waals surface area contributed by atoms with Gasteiger partial charge >= 0.3 is 5.97 Å². The first-order chi connectivity index (χ1) is 10.2. The van der Waals surface area contributed by atoms with Crippen molar-refractivity contribution >= 4 is 22.0 Å². The van der Waals surface area contributed by atoms with Crippen molar-refractivity contribution in [1.82, 2.24) is 4.31 Å². The summed E-state index contributed by atoms with van der Waals surface area (Å²) in [4.78, 5) is 22.2. The maximum Gasteiger partial charge on any atom is 0.302 e. The molecular formula is C14H16NO6S-. The molecule has 2 rings (SSSR count). The molecule has 0 saturated carbocycles. The lowest BCUT2D eigenvalue weighted by molar-refractivity contribution is -0.309. The molecule has 1 aliphatic rings. The van der Waals surface area contributed by atoms with E-state index in [0.29, 0.717) is 0 Å². The maximum atomic E-state index is 12.6. The van der Waals surface area contributed by atoms with Crippen LogP contribution in [-0.2, 0) is 24.3 Å². The molecule has 0 bridgehead atoms. The van der Waals surface area contributed by atoms with Crippen LogP contribution in [0, 0.1) is 6.92 Å². The van der Waals surface area contributed by atoms with Crippen molar-refractivity contribution in [2.45, 2.75) is 37.3 Å². The second kappa shape index (κ2) is 6.05. The number of aliphatic carboxylic acids is 1. The molecule has 0 spiro atoms. The number of aryl methyl sites for hydroxylation is 1. The van der Waals surface area contributed by atoms with Crippen LogP contribution in [0.5, 0.6) is 0 Å². The van der Waals surface area contributed by atoms with Gasteiger partial charge in [-0.3, -0.25) is 4.79 Å². The highest BCUT2D eigenvalue weighted by Gasteiger charge is 2.42. The zero-order valence-corrected chi connectivity index (χ0v) is 13.0. The lowest BCUT2D eigenvalue weighted by Crippen LogP contribution is -2.46. The molecule has 2 atom stereocenters. The number of carbonyl (C=O) groups excluding carboxylic acids is 2. The van der Waals surface area contributed by atoms with Gasteiger partial charge in [0, 0.05) is 13.3 Å². The van der Waals surface area contributed by atoms with Crippen LogP contribution in [0.4, 0.5) is 0 Å². The van der Waals surface area contributed by atoms with E-state index in [1.54, 1.807) is 12.1 Å². The first-order valence-corrected chi connectivity index (χ1v) is 8.12. The highest BCUT2D eigenvalue weighted by molar-refractivity contribution is 7.89. The van der Waals surface area contributed by atoms with Gasteiger partial charge in [-0.1, -0.05) is 17.7 Å². The number of benzene rings is 1. The number of carboxylic acids is 1. The van der Waals surface area contributed by atoms with Crippen LogP contribution < -0.4 is 5.11 Å². The SMILES string of the molecule is CC(=O)O[C@H]1C[C@@H](C(=O)[O-])N(S(=O)(=O)c2ccc(C)cc2)C1. The molecule has 1 heterocycles. The van der Waals surface area contributed by atoms with Crippen molar-refractivity contribution in [3.8, 4) is 0 Å². The van der Waals surface area contributed by atoms with E-state index in [4.69, 9.17) is 4.74 Å². The van der Waals surface area contributed by atoms with Gasteiger partial charge in [0.05, 0.1) is 23.5 Å². The fourth-order valence-corrected chi connectivity index (χ4v) is 4.03. The number of sulfonamides is 1. The predicted octanol–water partition coefficient (Wildman–Crippen LogP) is -0.560. The number of esters is 1. The lowest BCUT2D eigenvalue weighted by atomic mass is 10.2. The molecule has 0 aliphatic carbocycles. The standard InChI is InChI=1S/C14H17NO6S/c1-9-3-5-12(6-4-9)22(19,20)15-8-11(21-10(2)16)7-13(15)14(17)18/h3-6,11,13H,7-8H2,1-2H3,(H,17,18)/p-1/t11-,13-/m0/s1. The molecule has 1 aromatic rings. The van der Waals surface area contributed by atoms with Gasteiger partial charge in [-0.25, -0.2) is 8.42 Å². The van der Waals surface area contributed by atoms with Gasteiger partial charge in [0.1, 0.15) is 6.10 Å². The minimum absolute atomic E-state index is 0.00664. The Balaban J connectivity index is 2.33. The van der Waals surface area contributed by atoms with E-state index in [1.807, 2.05) is 6.92 Å². The number of carbonyl (C=O) groups is 2. The van der Waals surface area contributed by atoms with Gasteiger partial charge in [0.25, 0.3) is 0 Å².